The van der Waals surface area contributed by atoms with Crippen molar-refractivity contribution in [3.05, 3.63) is 0 Å². The van der Waals surface area contributed by atoms with Gasteiger partial charge in [-0.2, -0.15) is 0 Å². The Morgan fingerprint density at radius 2 is 2.00 bits per heavy atom. The first kappa shape index (κ1) is 18.0. The molecular formula is C14H30IN3. The van der Waals surface area contributed by atoms with E-state index in [1.165, 1.54) is 25.7 Å². The highest BCUT2D eigenvalue weighted by atomic mass is 127. The number of aliphatic imine (C=N–C) groups is 1. The molecule has 2 unspecified atom stereocenters. The van der Waals surface area contributed by atoms with Crippen LogP contribution in [0.1, 0.15) is 46.5 Å². The van der Waals surface area contributed by atoms with Crippen LogP contribution in [-0.2, 0) is 0 Å². The molecule has 0 spiro atoms. The fourth-order valence-corrected chi connectivity index (χ4v) is 2.51. The molecule has 0 aliphatic heterocycles. The molecule has 1 rings (SSSR count). The zero-order valence-electron chi connectivity index (χ0n) is 12.3. The Kier molecular flexibility index (Phi) is 9.87. The van der Waals surface area contributed by atoms with Crippen LogP contribution in [0.3, 0.4) is 0 Å². The summed E-state index contributed by atoms with van der Waals surface area (Å²) in [4.78, 5) is 4.26. The van der Waals surface area contributed by atoms with E-state index in [0.717, 1.165) is 30.9 Å². The van der Waals surface area contributed by atoms with Crippen LogP contribution < -0.4 is 10.6 Å². The van der Waals surface area contributed by atoms with Crippen LogP contribution >= 0.6 is 24.0 Å². The first-order chi connectivity index (χ1) is 8.11. The molecule has 0 saturated heterocycles. The maximum absolute atomic E-state index is 4.26. The number of guanidine groups is 1. The smallest absolute Gasteiger partial charge is 0.190 e. The molecule has 1 fully saturated rings. The third kappa shape index (κ3) is 7.44. The first-order valence-corrected chi connectivity index (χ1v) is 7.06. The molecule has 18 heavy (non-hydrogen) atoms. The molecule has 0 heterocycles. The SMILES string of the molecule is CN=C(NCC(C)C)NCC1CCCC(C)C1.I. The highest BCUT2D eigenvalue weighted by Crippen LogP contribution is 2.27. The van der Waals surface area contributed by atoms with E-state index < -0.39 is 0 Å². The molecule has 2 atom stereocenters. The predicted octanol–water partition coefficient (Wildman–Crippen LogP) is 3.25. The zero-order chi connectivity index (χ0) is 12.7. The Hall–Kier alpha value is 0. The van der Waals surface area contributed by atoms with Gasteiger partial charge in [-0.3, -0.25) is 4.99 Å². The van der Waals surface area contributed by atoms with Crippen molar-refractivity contribution in [1.29, 1.82) is 0 Å². The van der Waals surface area contributed by atoms with Crippen LogP contribution in [-0.4, -0.2) is 26.1 Å². The van der Waals surface area contributed by atoms with Crippen molar-refractivity contribution in [2.75, 3.05) is 20.1 Å². The molecule has 3 nitrogen and oxygen atoms in total. The number of nitrogens with one attached hydrogen (secondary N) is 2. The van der Waals surface area contributed by atoms with Gasteiger partial charge >= 0.3 is 0 Å². The summed E-state index contributed by atoms with van der Waals surface area (Å²) in [6.07, 6.45) is 5.55. The summed E-state index contributed by atoms with van der Waals surface area (Å²) in [5.41, 5.74) is 0. The van der Waals surface area contributed by atoms with Gasteiger partial charge in [0.15, 0.2) is 5.96 Å². The van der Waals surface area contributed by atoms with Gasteiger partial charge in [-0.25, -0.2) is 0 Å². The third-order valence-corrected chi connectivity index (χ3v) is 3.50. The number of hydrogen-bond acceptors (Lipinski definition) is 1. The summed E-state index contributed by atoms with van der Waals surface area (Å²) < 4.78 is 0. The van der Waals surface area contributed by atoms with E-state index in [1.807, 2.05) is 7.05 Å². The Balaban J connectivity index is 0.00000289. The van der Waals surface area contributed by atoms with Crippen molar-refractivity contribution in [1.82, 2.24) is 10.6 Å². The van der Waals surface area contributed by atoms with E-state index in [2.05, 4.69) is 36.4 Å². The summed E-state index contributed by atoms with van der Waals surface area (Å²) in [5, 5.41) is 6.81. The van der Waals surface area contributed by atoms with Crippen LogP contribution in [0, 0.1) is 17.8 Å². The molecule has 0 amide bonds. The van der Waals surface area contributed by atoms with Gasteiger partial charge in [-0.05, 0) is 30.6 Å². The summed E-state index contributed by atoms with van der Waals surface area (Å²) in [6, 6.07) is 0. The highest BCUT2D eigenvalue weighted by molar-refractivity contribution is 14.0. The van der Waals surface area contributed by atoms with Crippen LogP contribution in [0.4, 0.5) is 0 Å². The molecule has 0 bridgehead atoms. The van der Waals surface area contributed by atoms with E-state index in [1.54, 1.807) is 0 Å². The van der Waals surface area contributed by atoms with Gasteiger partial charge < -0.3 is 10.6 Å². The van der Waals surface area contributed by atoms with Crippen molar-refractivity contribution in [2.45, 2.75) is 46.5 Å². The lowest BCUT2D eigenvalue weighted by atomic mass is 9.82. The largest absolute Gasteiger partial charge is 0.356 e. The number of halogens is 1. The Bertz CT molecular complexity index is 241. The predicted molar refractivity (Wildman–Crippen MR) is 90.7 cm³/mol. The fraction of sp³-hybridized carbons (Fsp3) is 0.929. The van der Waals surface area contributed by atoms with E-state index in [9.17, 15) is 0 Å². The molecule has 0 radical (unpaired) electrons. The van der Waals surface area contributed by atoms with Gasteiger partial charge in [0, 0.05) is 20.1 Å². The Labute approximate surface area is 130 Å². The lowest BCUT2D eigenvalue weighted by Gasteiger charge is -2.27. The second-order valence-corrected chi connectivity index (χ2v) is 5.87. The van der Waals surface area contributed by atoms with E-state index in [4.69, 9.17) is 0 Å². The number of rotatable bonds is 4. The number of nitrogens with zero attached hydrogens (tertiary/aromatic N) is 1. The molecule has 108 valence electrons. The second kappa shape index (κ2) is 9.87. The third-order valence-electron chi connectivity index (χ3n) is 3.50. The molecule has 0 aromatic rings. The van der Waals surface area contributed by atoms with Gasteiger partial charge in [0.05, 0.1) is 0 Å². The maximum Gasteiger partial charge on any atom is 0.190 e. The molecule has 0 aromatic carbocycles. The van der Waals surface area contributed by atoms with Crippen molar-refractivity contribution < 1.29 is 0 Å². The quantitative estimate of drug-likeness (QED) is 0.455. The average Bonchev–Trinajstić information content (AvgIpc) is 2.29. The molecule has 4 heteroatoms. The van der Waals surface area contributed by atoms with Gasteiger partial charge in [0.2, 0.25) is 0 Å². The maximum atomic E-state index is 4.26. The molecular weight excluding hydrogens is 337 g/mol. The minimum Gasteiger partial charge on any atom is -0.356 e. The van der Waals surface area contributed by atoms with Gasteiger partial charge in [0.25, 0.3) is 0 Å². The second-order valence-electron chi connectivity index (χ2n) is 5.87. The van der Waals surface area contributed by atoms with E-state index in [0.29, 0.717) is 5.92 Å². The normalized spacial score (nSPS) is 24.6. The van der Waals surface area contributed by atoms with Crippen molar-refractivity contribution in [3.8, 4) is 0 Å². The molecule has 1 aliphatic carbocycles. The van der Waals surface area contributed by atoms with Crippen molar-refractivity contribution in [3.63, 3.8) is 0 Å². The fourth-order valence-electron chi connectivity index (χ4n) is 2.51. The van der Waals surface area contributed by atoms with Crippen LogP contribution in [0.15, 0.2) is 4.99 Å². The van der Waals surface area contributed by atoms with Gasteiger partial charge in [-0.15, -0.1) is 24.0 Å². The van der Waals surface area contributed by atoms with Crippen LogP contribution in [0.25, 0.3) is 0 Å². The Morgan fingerprint density at radius 1 is 1.28 bits per heavy atom. The summed E-state index contributed by atoms with van der Waals surface area (Å²) in [6.45, 7) is 8.85. The van der Waals surface area contributed by atoms with Gasteiger partial charge in [0.1, 0.15) is 0 Å². The van der Waals surface area contributed by atoms with E-state index >= 15 is 0 Å². The van der Waals surface area contributed by atoms with Gasteiger partial charge in [-0.1, -0.05) is 33.6 Å². The molecule has 0 aromatic heterocycles. The Morgan fingerprint density at radius 3 is 2.56 bits per heavy atom. The standard InChI is InChI=1S/C14H29N3.HI/c1-11(2)9-16-14(15-4)17-10-13-7-5-6-12(3)8-13;/h11-13H,5-10H2,1-4H3,(H2,15,16,17);1H. The summed E-state index contributed by atoms with van der Waals surface area (Å²) >= 11 is 0. The lowest BCUT2D eigenvalue weighted by molar-refractivity contribution is 0.282. The minimum atomic E-state index is 0. The monoisotopic (exact) mass is 367 g/mol. The minimum absolute atomic E-state index is 0. The molecule has 1 saturated carbocycles. The van der Waals surface area contributed by atoms with E-state index in [-0.39, 0.29) is 24.0 Å². The molecule has 2 N–H and O–H groups in total. The average molecular weight is 367 g/mol. The summed E-state index contributed by atoms with van der Waals surface area (Å²) in [5.74, 6) is 3.35. The zero-order valence-corrected chi connectivity index (χ0v) is 14.7. The summed E-state index contributed by atoms with van der Waals surface area (Å²) in [7, 11) is 1.85. The highest BCUT2D eigenvalue weighted by Gasteiger charge is 2.18. The lowest BCUT2D eigenvalue weighted by Crippen LogP contribution is -2.41. The van der Waals surface area contributed by atoms with Crippen LogP contribution in [0.2, 0.25) is 0 Å². The topological polar surface area (TPSA) is 36.4 Å². The van der Waals surface area contributed by atoms with Crippen LogP contribution in [0.5, 0.6) is 0 Å². The molecule has 1 aliphatic rings. The van der Waals surface area contributed by atoms with Crippen molar-refractivity contribution in [2.24, 2.45) is 22.7 Å². The van der Waals surface area contributed by atoms with Crippen molar-refractivity contribution >= 4 is 29.9 Å². The number of hydrogen-bond donors (Lipinski definition) is 2. The first-order valence-electron chi connectivity index (χ1n) is 7.06.